The van der Waals surface area contributed by atoms with Crippen molar-refractivity contribution in [2.24, 2.45) is 0 Å². The number of hydrogen-bond donors (Lipinski definition) is 1. The minimum absolute atomic E-state index is 0.0314. The van der Waals surface area contributed by atoms with E-state index < -0.39 is 0 Å². The molecule has 0 atom stereocenters. The molecule has 0 aliphatic carbocycles. The Morgan fingerprint density at radius 3 is 2.63 bits per heavy atom. The Hall–Kier alpha value is -3.59. The van der Waals surface area contributed by atoms with Crippen molar-refractivity contribution in [1.29, 1.82) is 0 Å². The number of thiazole rings is 1. The number of rotatable bonds is 5. The Morgan fingerprint density at radius 1 is 1.13 bits per heavy atom. The van der Waals surface area contributed by atoms with Gasteiger partial charge in [-0.25, -0.2) is 9.67 Å². The third-order valence-corrected chi connectivity index (χ3v) is 5.57. The molecule has 4 aromatic rings. The highest BCUT2D eigenvalue weighted by molar-refractivity contribution is 7.21. The third-order valence-electron chi connectivity index (χ3n) is 4.50. The van der Waals surface area contributed by atoms with E-state index in [0.717, 1.165) is 20.8 Å². The summed E-state index contributed by atoms with van der Waals surface area (Å²) in [4.78, 5) is 30.3. The van der Waals surface area contributed by atoms with E-state index in [1.165, 1.54) is 21.3 Å². The summed E-state index contributed by atoms with van der Waals surface area (Å²) in [5.74, 6) is -0.519. The Bertz CT molecular complexity index is 1230. The first-order valence-electron chi connectivity index (χ1n) is 9.28. The maximum atomic E-state index is 12.4. The normalized spacial score (nSPS) is 10.9. The predicted molar refractivity (Wildman–Crippen MR) is 116 cm³/mol. The van der Waals surface area contributed by atoms with E-state index >= 15 is 0 Å². The number of benzene rings is 2. The zero-order valence-corrected chi connectivity index (χ0v) is 17.6. The molecule has 2 aromatic carbocycles. The van der Waals surface area contributed by atoms with Crippen molar-refractivity contribution in [3.63, 3.8) is 0 Å². The summed E-state index contributed by atoms with van der Waals surface area (Å²) in [5, 5.41) is 11.4. The molecule has 152 valence electrons. The Balaban J connectivity index is 1.44. The Labute approximate surface area is 177 Å². The minimum Gasteiger partial charge on any atom is -0.347 e. The van der Waals surface area contributed by atoms with Crippen LogP contribution in [0.4, 0.5) is 5.69 Å². The van der Waals surface area contributed by atoms with Gasteiger partial charge in [-0.2, -0.15) is 0 Å². The molecule has 0 fully saturated rings. The van der Waals surface area contributed by atoms with Crippen molar-refractivity contribution >= 4 is 39.1 Å². The van der Waals surface area contributed by atoms with Crippen LogP contribution in [0.2, 0.25) is 0 Å². The highest BCUT2D eigenvalue weighted by atomic mass is 32.1. The molecule has 4 rings (SSSR count). The number of likely N-dealkylation sites (N-methyl/N-ethyl adjacent to an activating group) is 1. The topological polar surface area (TPSA) is 93.0 Å². The molecule has 2 heterocycles. The van der Waals surface area contributed by atoms with Crippen LogP contribution in [-0.4, -0.2) is 50.8 Å². The molecular formula is C21H20N6O2S. The van der Waals surface area contributed by atoms with Gasteiger partial charge in [-0.05, 0) is 48.9 Å². The van der Waals surface area contributed by atoms with Gasteiger partial charge in [-0.15, -0.1) is 16.4 Å². The van der Waals surface area contributed by atoms with Gasteiger partial charge in [0.05, 0.1) is 16.4 Å². The lowest BCUT2D eigenvalue weighted by Crippen LogP contribution is -2.26. The molecule has 2 aromatic heterocycles. The monoisotopic (exact) mass is 420 g/mol. The smallest absolute Gasteiger partial charge is 0.277 e. The Kier molecular flexibility index (Phi) is 5.28. The van der Waals surface area contributed by atoms with Crippen molar-refractivity contribution in [2.75, 3.05) is 19.4 Å². The standard InChI is InChI=1S/C21H20N6O2S/c1-13-4-9-16-18(10-13)30-21(23-16)14-5-7-15(8-6-14)22-20(29)17-11-27(25-24-17)12-19(28)26(2)3/h4-11H,12H2,1-3H3,(H,22,29). The quantitative estimate of drug-likeness (QED) is 0.535. The summed E-state index contributed by atoms with van der Waals surface area (Å²) in [6.07, 6.45) is 1.45. The van der Waals surface area contributed by atoms with E-state index in [1.807, 2.05) is 30.3 Å². The van der Waals surface area contributed by atoms with E-state index in [-0.39, 0.29) is 24.1 Å². The van der Waals surface area contributed by atoms with Crippen LogP contribution in [0.5, 0.6) is 0 Å². The number of hydrogen-bond acceptors (Lipinski definition) is 6. The molecule has 1 N–H and O–H groups in total. The number of amides is 2. The van der Waals surface area contributed by atoms with Crippen LogP contribution in [-0.2, 0) is 11.3 Å². The molecule has 0 saturated heterocycles. The van der Waals surface area contributed by atoms with Crippen LogP contribution >= 0.6 is 11.3 Å². The summed E-state index contributed by atoms with van der Waals surface area (Å²) < 4.78 is 2.49. The number of nitrogens with one attached hydrogen (secondary N) is 1. The van der Waals surface area contributed by atoms with Gasteiger partial charge in [0, 0.05) is 25.3 Å². The van der Waals surface area contributed by atoms with Crippen molar-refractivity contribution in [3.05, 3.63) is 59.9 Å². The van der Waals surface area contributed by atoms with Crippen LogP contribution in [0.3, 0.4) is 0 Å². The van der Waals surface area contributed by atoms with Gasteiger partial charge in [-0.3, -0.25) is 9.59 Å². The lowest BCUT2D eigenvalue weighted by molar-refractivity contribution is -0.129. The summed E-state index contributed by atoms with van der Waals surface area (Å²) >= 11 is 1.64. The zero-order valence-electron chi connectivity index (χ0n) is 16.8. The maximum absolute atomic E-state index is 12.4. The Morgan fingerprint density at radius 2 is 1.90 bits per heavy atom. The second kappa shape index (κ2) is 8.03. The summed E-state index contributed by atoms with van der Waals surface area (Å²) in [5.41, 5.74) is 3.96. The molecular weight excluding hydrogens is 400 g/mol. The molecule has 9 heteroatoms. The molecule has 0 bridgehead atoms. The number of aromatic nitrogens is 4. The van der Waals surface area contributed by atoms with Gasteiger partial charge in [0.2, 0.25) is 5.91 Å². The summed E-state index contributed by atoms with van der Waals surface area (Å²) in [6, 6.07) is 13.7. The molecule has 0 unspecified atom stereocenters. The number of carbonyl (C=O) groups excluding carboxylic acids is 2. The van der Waals surface area contributed by atoms with Crippen LogP contribution in [0, 0.1) is 6.92 Å². The highest BCUT2D eigenvalue weighted by Gasteiger charge is 2.14. The highest BCUT2D eigenvalue weighted by Crippen LogP contribution is 2.31. The van der Waals surface area contributed by atoms with Crippen molar-refractivity contribution in [2.45, 2.75) is 13.5 Å². The lowest BCUT2D eigenvalue weighted by atomic mass is 10.2. The van der Waals surface area contributed by atoms with E-state index in [0.29, 0.717) is 5.69 Å². The molecule has 0 saturated carbocycles. The first kappa shape index (κ1) is 19.7. The number of carbonyl (C=O) groups is 2. The molecule has 0 spiro atoms. The number of aryl methyl sites for hydroxylation is 1. The second-order valence-corrected chi connectivity index (χ2v) is 8.14. The minimum atomic E-state index is -0.387. The maximum Gasteiger partial charge on any atom is 0.277 e. The van der Waals surface area contributed by atoms with Gasteiger partial charge in [-0.1, -0.05) is 11.3 Å². The molecule has 8 nitrogen and oxygen atoms in total. The van der Waals surface area contributed by atoms with Crippen LogP contribution < -0.4 is 5.32 Å². The molecule has 2 amide bonds. The lowest BCUT2D eigenvalue weighted by Gasteiger charge is -2.08. The SMILES string of the molecule is Cc1ccc2nc(-c3ccc(NC(=O)c4cn(CC(=O)N(C)C)nn4)cc3)sc2c1. The number of fused-ring (bicyclic) bond motifs is 1. The van der Waals surface area contributed by atoms with E-state index in [9.17, 15) is 9.59 Å². The van der Waals surface area contributed by atoms with Crippen LogP contribution in [0.1, 0.15) is 16.1 Å². The summed E-state index contributed by atoms with van der Waals surface area (Å²) in [7, 11) is 3.32. The predicted octanol–water partition coefficient (Wildman–Crippen LogP) is 3.20. The third kappa shape index (κ3) is 4.20. The van der Waals surface area contributed by atoms with E-state index in [4.69, 9.17) is 0 Å². The fourth-order valence-corrected chi connectivity index (χ4v) is 3.88. The van der Waals surface area contributed by atoms with Gasteiger partial charge >= 0.3 is 0 Å². The van der Waals surface area contributed by atoms with Crippen molar-refractivity contribution in [1.82, 2.24) is 24.9 Å². The summed E-state index contributed by atoms with van der Waals surface area (Å²) in [6.45, 7) is 2.10. The van der Waals surface area contributed by atoms with Crippen molar-refractivity contribution < 1.29 is 9.59 Å². The largest absolute Gasteiger partial charge is 0.347 e. The average Bonchev–Trinajstić information content (AvgIpc) is 3.35. The first-order chi connectivity index (χ1) is 14.4. The van der Waals surface area contributed by atoms with E-state index in [2.05, 4.69) is 39.7 Å². The molecule has 0 radical (unpaired) electrons. The van der Waals surface area contributed by atoms with Gasteiger partial charge < -0.3 is 10.2 Å². The van der Waals surface area contributed by atoms with E-state index in [1.54, 1.807) is 25.4 Å². The first-order valence-corrected chi connectivity index (χ1v) is 10.1. The van der Waals surface area contributed by atoms with Crippen LogP contribution in [0.15, 0.2) is 48.7 Å². The second-order valence-electron chi connectivity index (χ2n) is 7.11. The number of anilines is 1. The fraction of sp³-hybridized carbons (Fsp3) is 0.190. The molecule has 30 heavy (non-hydrogen) atoms. The average molecular weight is 420 g/mol. The van der Waals surface area contributed by atoms with Crippen molar-refractivity contribution in [3.8, 4) is 10.6 Å². The number of nitrogens with zero attached hydrogens (tertiary/aromatic N) is 5. The van der Waals surface area contributed by atoms with Gasteiger partial charge in [0.25, 0.3) is 5.91 Å². The molecule has 0 aliphatic rings. The fourth-order valence-electron chi connectivity index (χ4n) is 2.81. The van der Waals surface area contributed by atoms with Gasteiger partial charge in [0.1, 0.15) is 11.6 Å². The zero-order chi connectivity index (χ0) is 21.3. The molecule has 0 aliphatic heterocycles. The van der Waals surface area contributed by atoms with Gasteiger partial charge in [0.15, 0.2) is 5.69 Å². The van der Waals surface area contributed by atoms with Crippen LogP contribution in [0.25, 0.3) is 20.8 Å².